The van der Waals surface area contributed by atoms with Gasteiger partial charge in [0.05, 0.1) is 22.1 Å². The molecule has 12 heteroatoms. The van der Waals surface area contributed by atoms with Crippen LogP contribution < -0.4 is 10.9 Å². The Hall–Kier alpha value is -4.45. The van der Waals surface area contributed by atoms with Gasteiger partial charge in [-0.15, -0.1) is 0 Å². The molecule has 0 amide bonds. The molecule has 10 nitrogen and oxygen atoms in total. The third-order valence-electron chi connectivity index (χ3n) is 7.83. The molecule has 0 aliphatic heterocycles. The normalized spacial score (nSPS) is 12.7. The van der Waals surface area contributed by atoms with Crippen molar-refractivity contribution in [1.29, 1.82) is 0 Å². The summed E-state index contributed by atoms with van der Waals surface area (Å²) in [6, 6.07) is 17.2. The van der Waals surface area contributed by atoms with Crippen LogP contribution in [0.25, 0.3) is 33.4 Å². The van der Waals surface area contributed by atoms with Crippen molar-refractivity contribution in [2.75, 3.05) is 11.9 Å². The number of aromatic nitrogens is 6. The molecule has 1 atom stereocenters. The topological polar surface area (TPSA) is 112 Å². The first-order valence-corrected chi connectivity index (χ1v) is 18.9. The summed E-state index contributed by atoms with van der Waals surface area (Å²) in [5.41, 5.74) is 3.78. The van der Waals surface area contributed by atoms with Crippen LogP contribution in [0.1, 0.15) is 24.4 Å². The lowest BCUT2D eigenvalue weighted by Gasteiger charge is -2.20. The van der Waals surface area contributed by atoms with Gasteiger partial charge in [-0.05, 0) is 49.7 Å². The van der Waals surface area contributed by atoms with Crippen LogP contribution in [-0.4, -0.2) is 48.5 Å². The van der Waals surface area contributed by atoms with E-state index in [9.17, 15) is 9.90 Å². The number of anilines is 1. The zero-order valence-corrected chi connectivity index (χ0v) is 27.7. The van der Waals surface area contributed by atoms with Crippen LogP contribution >= 0.6 is 11.6 Å². The van der Waals surface area contributed by atoms with E-state index < -0.39 is 14.1 Å². The SMILES string of the molecule is Cc1ccn2nc([C@H](C)Nc3ncnc4c3c(-c3cccc(Cl)c3O)cn4COCC[Si](C)(C)C)n(-c3ccccc3)c(=O)c12. The van der Waals surface area contributed by atoms with Gasteiger partial charge in [-0.1, -0.05) is 61.6 Å². The van der Waals surface area contributed by atoms with E-state index in [2.05, 4.69) is 34.9 Å². The minimum Gasteiger partial charge on any atom is -0.506 e. The quantitative estimate of drug-likeness (QED) is 0.122. The lowest BCUT2D eigenvalue weighted by atomic mass is 10.0. The lowest BCUT2D eigenvalue weighted by Crippen LogP contribution is -2.29. The first-order chi connectivity index (χ1) is 21.5. The van der Waals surface area contributed by atoms with Crippen molar-refractivity contribution in [3.05, 3.63) is 100 Å². The Balaban J connectivity index is 1.47. The second-order valence-electron chi connectivity index (χ2n) is 12.4. The summed E-state index contributed by atoms with van der Waals surface area (Å²) in [6.45, 7) is 11.7. The van der Waals surface area contributed by atoms with E-state index in [0.29, 0.717) is 51.6 Å². The minimum atomic E-state index is -1.27. The molecule has 2 aromatic carbocycles. The van der Waals surface area contributed by atoms with Gasteiger partial charge in [-0.3, -0.25) is 9.36 Å². The second kappa shape index (κ2) is 12.1. The van der Waals surface area contributed by atoms with Gasteiger partial charge < -0.3 is 19.7 Å². The maximum absolute atomic E-state index is 13.9. The molecule has 0 fully saturated rings. The average Bonchev–Trinajstić information content (AvgIpc) is 3.57. The van der Waals surface area contributed by atoms with Gasteiger partial charge in [0.25, 0.3) is 5.56 Å². The maximum Gasteiger partial charge on any atom is 0.282 e. The molecule has 4 heterocycles. The number of halogens is 1. The molecule has 6 aromatic rings. The molecule has 6 rings (SSSR count). The molecule has 45 heavy (non-hydrogen) atoms. The van der Waals surface area contributed by atoms with Crippen molar-refractivity contribution in [2.45, 2.75) is 52.3 Å². The predicted molar refractivity (Wildman–Crippen MR) is 181 cm³/mol. The Morgan fingerprint density at radius 1 is 1.04 bits per heavy atom. The third kappa shape index (κ3) is 5.98. The molecule has 0 saturated carbocycles. The minimum absolute atomic E-state index is 0.0336. The summed E-state index contributed by atoms with van der Waals surface area (Å²) < 4.78 is 11.3. The summed E-state index contributed by atoms with van der Waals surface area (Å²) in [7, 11) is -1.27. The van der Waals surface area contributed by atoms with Crippen molar-refractivity contribution in [3.63, 3.8) is 0 Å². The Bertz CT molecular complexity index is 2070. The van der Waals surface area contributed by atoms with Crippen LogP contribution in [0.15, 0.2) is 78.1 Å². The van der Waals surface area contributed by atoms with Crippen molar-refractivity contribution in [1.82, 2.24) is 28.7 Å². The Morgan fingerprint density at radius 3 is 2.58 bits per heavy atom. The number of rotatable bonds is 10. The van der Waals surface area contributed by atoms with Crippen LogP contribution in [0.2, 0.25) is 30.7 Å². The smallest absolute Gasteiger partial charge is 0.282 e. The number of nitrogens with zero attached hydrogens (tertiary/aromatic N) is 6. The molecule has 0 unspecified atom stereocenters. The highest BCUT2D eigenvalue weighted by atomic mass is 35.5. The van der Waals surface area contributed by atoms with Crippen molar-refractivity contribution >= 4 is 42.0 Å². The van der Waals surface area contributed by atoms with Gasteiger partial charge in [0.15, 0.2) is 5.82 Å². The zero-order chi connectivity index (χ0) is 31.9. The number of para-hydroxylation sites is 2. The fraction of sp³-hybridized carbons (Fsp3) is 0.273. The van der Waals surface area contributed by atoms with E-state index in [1.165, 1.54) is 6.33 Å². The number of aromatic hydroxyl groups is 1. The number of ether oxygens (including phenoxy) is 1. The highest BCUT2D eigenvalue weighted by Gasteiger charge is 2.24. The lowest BCUT2D eigenvalue weighted by molar-refractivity contribution is 0.0899. The predicted octanol–water partition coefficient (Wildman–Crippen LogP) is 7.05. The van der Waals surface area contributed by atoms with Gasteiger partial charge in [0.1, 0.15) is 35.8 Å². The summed E-state index contributed by atoms with van der Waals surface area (Å²) >= 11 is 6.34. The average molecular weight is 642 g/mol. The number of benzene rings is 2. The molecule has 0 spiro atoms. The fourth-order valence-corrected chi connectivity index (χ4v) is 6.35. The zero-order valence-electron chi connectivity index (χ0n) is 26.0. The van der Waals surface area contributed by atoms with Crippen LogP contribution in [0, 0.1) is 6.92 Å². The fourth-order valence-electron chi connectivity index (χ4n) is 5.42. The molecule has 0 aliphatic carbocycles. The Labute approximate surface area is 266 Å². The van der Waals surface area contributed by atoms with Crippen LogP contribution in [0.3, 0.4) is 0 Å². The monoisotopic (exact) mass is 641 g/mol. The number of nitrogens with one attached hydrogen (secondary N) is 1. The molecule has 2 N–H and O–H groups in total. The van der Waals surface area contributed by atoms with Gasteiger partial charge in [0, 0.05) is 38.2 Å². The van der Waals surface area contributed by atoms with E-state index in [4.69, 9.17) is 21.4 Å². The van der Waals surface area contributed by atoms with E-state index in [-0.39, 0.29) is 23.1 Å². The van der Waals surface area contributed by atoms with Crippen molar-refractivity contribution in [3.8, 4) is 22.6 Å². The van der Waals surface area contributed by atoms with E-state index in [0.717, 1.165) is 11.6 Å². The van der Waals surface area contributed by atoms with E-state index in [1.807, 2.05) is 67.1 Å². The molecule has 0 bridgehead atoms. The van der Waals surface area contributed by atoms with Crippen LogP contribution in [0.5, 0.6) is 5.75 Å². The number of phenols is 1. The number of phenolic OH excluding ortho intramolecular Hbond substituents is 1. The maximum atomic E-state index is 13.9. The van der Waals surface area contributed by atoms with Crippen molar-refractivity contribution in [2.24, 2.45) is 0 Å². The van der Waals surface area contributed by atoms with Gasteiger partial charge >= 0.3 is 0 Å². The number of fused-ring (bicyclic) bond motifs is 2. The van der Waals surface area contributed by atoms with Crippen LogP contribution in [-0.2, 0) is 11.5 Å². The molecule has 232 valence electrons. The Kier molecular flexibility index (Phi) is 8.25. The van der Waals surface area contributed by atoms with Gasteiger partial charge in [-0.2, -0.15) is 5.10 Å². The van der Waals surface area contributed by atoms with Gasteiger partial charge in [0.2, 0.25) is 0 Å². The third-order valence-corrected chi connectivity index (χ3v) is 9.83. The molecular weight excluding hydrogens is 606 g/mol. The number of hydrogen-bond acceptors (Lipinski definition) is 7. The molecule has 4 aromatic heterocycles. The van der Waals surface area contributed by atoms with Crippen LogP contribution in [0.4, 0.5) is 5.82 Å². The highest BCUT2D eigenvalue weighted by Crippen LogP contribution is 2.41. The summed E-state index contributed by atoms with van der Waals surface area (Å²) in [6.07, 6.45) is 5.19. The van der Waals surface area contributed by atoms with Gasteiger partial charge in [-0.25, -0.2) is 14.5 Å². The standard InChI is InChI=1S/C33H36ClN7O3Si/c1-21-14-15-40-28(21)33(43)41(23-10-7-6-8-11-23)31(38-40)22(2)37-30-27-25(24-12-9-13-26(34)29(24)42)18-39(32(27)36-19-35-30)20-44-16-17-45(3,4)5/h6-15,18-19,22,42H,16-17,20H2,1-5H3,(H,35,36,37)/t22-/m0/s1. The molecule has 0 radical (unpaired) electrons. The molecule has 0 saturated heterocycles. The summed E-state index contributed by atoms with van der Waals surface area (Å²) in [5, 5.41) is 20.3. The highest BCUT2D eigenvalue weighted by molar-refractivity contribution is 6.76. The van der Waals surface area contributed by atoms with Crippen molar-refractivity contribution < 1.29 is 9.84 Å². The largest absolute Gasteiger partial charge is 0.506 e. The number of hydrogen-bond donors (Lipinski definition) is 2. The first-order valence-electron chi connectivity index (χ1n) is 14.9. The van der Waals surface area contributed by atoms with E-state index >= 15 is 0 Å². The van der Waals surface area contributed by atoms with E-state index in [1.54, 1.807) is 27.4 Å². The Morgan fingerprint density at radius 2 is 1.82 bits per heavy atom. The number of aryl methyl sites for hydroxylation is 1. The molecule has 0 aliphatic rings. The molecular formula is C33H36ClN7O3Si. The summed E-state index contributed by atoms with van der Waals surface area (Å²) in [4.78, 5) is 23.2. The summed E-state index contributed by atoms with van der Waals surface area (Å²) in [5.74, 6) is 0.983. The second-order valence-corrected chi connectivity index (χ2v) is 18.4. The first kappa shape index (κ1) is 30.6.